The smallest absolute Gasteiger partial charge is 0.303 e. The first-order valence-electron chi connectivity index (χ1n) is 11.4. The molecule has 3 fully saturated rings. The zero-order chi connectivity index (χ0) is 22.6. The molecule has 2 bridgehead atoms. The Balaban J connectivity index is 1.52. The number of allylic oxidation sites excluding steroid dienone is 2. The van der Waals surface area contributed by atoms with Crippen molar-refractivity contribution in [3.63, 3.8) is 0 Å². The normalized spacial score (nSPS) is 27.7. The Hall–Kier alpha value is -1.12. The molecular weight excluding hydrogens is 503 g/mol. The van der Waals surface area contributed by atoms with E-state index in [1.165, 1.54) is 6.42 Å². The van der Waals surface area contributed by atoms with Crippen molar-refractivity contribution in [2.45, 2.75) is 70.9 Å². The Morgan fingerprint density at radius 1 is 1.32 bits per heavy atom. The van der Waals surface area contributed by atoms with Crippen molar-refractivity contribution >= 4 is 28.6 Å². The number of hydrogen-bond acceptors (Lipinski definition) is 4. The summed E-state index contributed by atoms with van der Waals surface area (Å²) >= 11 is 2.11. The van der Waals surface area contributed by atoms with Crippen molar-refractivity contribution in [3.8, 4) is 5.75 Å². The van der Waals surface area contributed by atoms with Gasteiger partial charge in [0.2, 0.25) is 0 Å². The first kappa shape index (κ1) is 24.5. The SMILES string of the molecule is CC1(C)C2CC(NCC(O)Cc3ccc(O)c([125I])c3)C(C/C=C/CCCC(=O)O)C1C2. The summed E-state index contributed by atoms with van der Waals surface area (Å²) in [6.07, 6.45) is 9.70. The zero-order valence-electron chi connectivity index (χ0n) is 18.6. The van der Waals surface area contributed by atoms with Crippen LogP contribution in [0, 0.1) is 26.7 Å². The van der Waals surface area contributed by atoms with E-state index in [9.17, 15) is 15.0 Å². The van der Waals surface area contributed by atoms with Gasteiger partial charge >= 0.3 is 5.97 Å². The Labute approximate surface area is 199 Å². The molecule has 6 heteroatoms. The fourth-order valence-electron chi connectivity index (χ4n) is 5.56. The van der Waals surface area contributed by atoms with Gasteiger partial charge in [-0.25, -0.2) is 0 Å². The number of fused-ring (bicyclic) bond motifs is 2. The molecule has 1 aromatic carbocycles. The summed E-state index contributed by atoms with van der Waals surface area (Å²) in [5.41, 5.74) is 1.42. The Morgan fingerprint density at radius 3 is 2.77 bits per heavy atom. The number of aromatic hydroxyl groups is 1. The van der Waals surface area contributed by atoms with Crippen LogP contribution < -0.4 is 5.32 Å². The highest BCUT2D eigenvalue weighted by Gasteiger charge is 2.56. The second-order valence-corrected chi connectivity index (χ2v) is 11.1. The van der Waals surface area contributed by atoms with Crippen LogP contribution in [0.25, 0.3) is 0 Å². The lowest BCUT2D eigenvalue weighted by atomic mass is 9.44. The minimum absolute atomic E-state index is 0.229. The fraction of sp³-hybridized carbons (Fsp3) is 0.640. The van der Waals surface area contributed by atoms with Gasteiger partial charge in [-0.1, -0.05) is 32.1 Å². The van der Waals surface area contributed by atoms with E-state index in [1.54, 1.807) is 6.07 Å². The number of unbranched alkanes of at least 4 members (excludes halogenated alkanes) is 1. The van der Waals surface area contributed by atoms with Crippen LogP contribution in [-0.4, -0.2) is 40.0 Å². The summed E-state index contributed by atoms with van der Waals surface area (Å²) in [4.78, 5) is 10.7. The van der Waals surface area contributed by atoms with E-state index in [0.29, 0.717) is 42.7 Å². The minimum atomic E-state index is -0.729. The number of aliphatic carboxylic acids is 1. The third-order valence-corrected chi connectivity index (χ3v) is 8.42. The number of carboxylic acid groups (broad SMARTS) is 1. The number of carboxylic acids is 1. The van der Waals surface area contributed by atoms with E-state index in [-0.39, 0.29) is 12.2 Å². The first-order chi connectivity index (χ1) is 14.7. The molecule has 0 heterocycles. The van der Waals surface area contributed by atoms with Crippen molar-refractivity contribution in [2.75, 3.05) is 6.54 Å². The van der Waals surface area contributed by atoms with Crippen molar-refractivity contribution in [1.82, 2.24) is 5.32 Å². The van der Waals surface area contributed by atoms with Crippen LogP contribution in [0.5, 0.6) is 5.75 Å². The number of rotatable bonds is 11. The van der Waals surface area contributed by atoms with Crippen LogP contribution in [-0.2, 0) is 11.2 Å². The third-order valence-electron chi connectivity index (χ3n) is 7.55. The molecule has 5 nitrogen and oxygen atoms in total. The van der Waals surface area contributed by atoms with Gasteiger partial charge in [0, 0.05) is 19.0 Å². The van der Waals surface area contributed by atoms with Gasteiger partial charge in [-0.05, 0) is 102 Å². The molecule has 172 valence electrons. The van der Waals surface area contributed by atoms with E-state index in [0.717, 1.165) is 34.3 Å². The van der Waals surface area contributed by atoms with Crippen LogP contribution in [0.2, 0.25) is 0 Å². The molecular formula is C25H36INO4. The number of phenolic OH excluding ortho intramolecular Hbond substituents is 1. The van der Waals surface area contributed by atoms with Gasteiger partial charge < -0.3 is 20.6 Å². The van der Waals surface area contributed by atoms with Gasteiger partial charge in [-0.3, -0.25) is 4.79 Å². The predicted molar refractivity (Wildman–Crippen MR) is 131 cm³/mol. The van der Waals surface area contributed by atoms with Gasteiger partial charge in [-0.15, -0.1) is 0 Å². The molecule has 31 heavy (non-hydrogen) atoms. The van der Waals surface area contributed by atoms with Gasteiger partial charge in [0.15, 0.2) is 0 Å². The van der Waals surface area contributed by atoms with Gasteiger partial charge in [0.25, 0.3) is 0 Å². The quantitative estimate of drug-likeness (QED) is 0.185. The highest BCUT2D eigenvalue weighted by atomic mass is 125. The number of hydrogen-bond donors (Lipinski definition) is 4. The number of phenols is 1. The minimum Gasteiger partial charge on any atom is -0.507 e. The van der Waals surface area contributed by atoms with E-state index in [4.69, 9.17) is 5.11 Å². The number of carbonyl (C=O) groups is 1. The van der Waals surface area contributed by atoms with Crippen LogP contribution in [0.15, 0.2) is 30.4 Å². The van der Waals surface area contributed by atoms with Crippen molar-refractivity contribution in [2.24, 2.45) is 23.2 Å². The fourth-order valence-corrected chi connectivity index (χ4v) is 6.14. The average Bonchev–Trinajstić information content (AvgIpc) is 2.71. The molecule has 5 atom stereocenters. The van der Waals surface area contributed by atoms with Crippen LogP contribution >= 0.6 is 22.6 Å². The number of halogens is 1. The lowest BCUT2D eigenvalue weighted by Crippen LogP contribution is -2.61. The van der Waals surface area contributed by atoms with Crippen LogP contribution in [0.4, 0.5) is 0 Å². The monoisotopic (exact) mass is 539 g/mol. The van der Waals surface area contributed by atoms with Crippen LogP contribution in [0.1, 0.15) is 57.9 Å². The molecule has 0 radical (unpaired) electrons. The van der Waals surface area contributed by atoms with Crippen molar-refractivity contribution in [3.05, 3.63) is 39.5 Å². The summed E-state index contributed by atoms with van der Waals surface area (Å²) in [5.74, 6) is 1.55. The number of aliphatic hydroxyl groups is 1. The maximum atomic E-state index is 10.7. The van der Waals surface area contributed by atoms with E-state index >= 15 is 0 Å². The highest BCUT2D eigenvalue weighted by molar-refractivity contribution is 14.1. The molecule has 3 aliphatic rings. The molecule has 0 aromatic heterocycles. The first-order valence-corrected chi connectivity index (χ1v) is 12.5. The van der Waals surface area contributed by atoms with Gasteiger partial charge in [0.1, 0.15) is 5.75 Å². The summed E-state index contributed by atoms with van der Waals surface area (Å²) in [5, 5.41) is 32.7. The van der Waals surface area contributed by atoms with E-state index < -0.39 is 12.1 Å². The predicted octanol–water partition coefficient (Wildman–Crippen LogP) is 4.74. The summed E-state index contributed by atoms with van der Waals surface area (Å²) < 4.78 is 0.806. The largest absolute Gasteiger partial charge is 0.507 e. The number of nitrogens with one attached hydrogen (secondary N) is 1. The van der Waals surface area contributed by atoms with Crippen molar-refractivity contribution in [1.29, 1.82) is 0 Å². The molecule has 0 saturated heterocycles. The third kappa shape index (κ3) is 6.23. The van der Waals surface area contributed by atoms with Gasteiger partial charge in [0.05, 0.1) is 9.67 Å². The average molecular weight is 539 g/mol. The summed E-state index contributed by atoms with van der Waals surface area (Å²) in [7, 11) is 0. The van der Waals surface area contributed by atoms with Crippen LogP contribution in [0.3, 0.4) is 0 Å². The molecule has 3 aliphatic carbocycles. The summed E-state index contributed by atoms with van der Waals surface area (Å²) in [6.45, 7) is 5.36. The molecule has 5 unspecified atom stereocenters. The summed E-state index contributed by atoms with van der Waals surface area (Å²) in [6, 6.07) is 5.90. The number of aliphatic hydroxyl groups excluding tert-OH is 1. The zero-order valence-corrected chi connectivity index (χ0v) is 20.7. The standard InChI is InChI=1S/C25H36INO4/c1-25(2)17-13-20(25)19(7-5-3-4-6-8-24(30)31)22(14-17)27-15-18(28)11-16-9-10-23(29)21(26)12-16/h3,5,9-10,12,17-20,22,27-29H,4,6-8,11,13-15H2,1-2H3,(H,30,31)/b5-3+/i26-2. The lowest BCUT2D eigenvalue weighted by Gasteiger charge is -2.63. The molecule has 4 rings (SSSR count). The Bertz CT molecular complexity index is 794. The van der Waals surface area contributed by atoms with Crippen molar-refractivity contribution < 1.29 is 20.1 Å². The maximum absolute atomic E-state index is 10.7. The lowest BCUT2D eigenvalue weighted by molar-refractivity contribution is -0.137. The molecule has 3 saturated carbocycles. The number of benzene rings is 1. The van der Waals surface area contributed by atoms with Gasteiger partial charge in [-0.2, -0.15) is 0 Å². The molecule has 1 aromatic rings. The maximum Gasteiger partial charge on any atom is 0.303 e. The Morgan fingerprint density at radius 2 is 2.10 bits per heavy atom. The molecule has 0 spiro atoms. The van der Waals surface area contributed by atoms with E-state index in [2.05, 4.69) is 53.9 Å². The topological polar surface area (TPSA) is 89.8 Å². The second kappa shape index (κ2) is 10.7. The van der Waals surface area contributed by atoms with E-state index in [1.807, 2.05) is 12.1 Å². The highest BCUT2D eigenvalue weighted by Crippen LogP contribution is 2.62. The molecule has 0 aliphatic heterocycles. The molecule has 0 amide bonds. The second-order valence-electron chi connectivity index (χ2n) is 9.91. The Kier molecular flexibility index (Phi) is 8.44. The molecule has 4 N–H and O–H groups in total.